The normalized spacial score (nSPS) is 13.4. The van der Waals surface area contributed by atoms with E-state index < -0.39 is 11.1 Å². The van der Waals surface area contributed by atoms with Crippen LogP contribution in [0.4, 0.5) is 0 Å². The monoisotopic (exact) mass is 147 g/mol. The van der Waals surface area contributed by atoms with Crippen LogP contribution in [0.1, 0.15) is 5.69 Å². The van der Waals surface area contributed by atoms with Crippen LogP contribution < -0.4 is 0 Å². The lowest BCUT2D eigenvalue weighted by Gasteiger charge is -1.83. The second-order valence-electron chi connectivity index (χ2n) is 1.43. The van der Waals surface area contributed by atoms with Gasteiger partial charge in [0.15, 0.2) is 11.1 Å². The van der Waals surface area contributed by atoms with Gasteiger partial charge in [-0.05, 0) is 0 Å². The van der Waals surface area contributed by atoms with Gasteiger partial charge in [0.2, 0.25) is 0 Å². The molecule has 1 heterocycles. The Hall–Kier alpha value is -0.750. The van der Waals surface area contributed by atoms with Gasteiger partial charge in [-0.2, -0.15) is 15.4 Å². The standard InChI is InChI=1S/C3H5N3O2S/c7-9(8)2-3-1-4-6-5-3/h1H,2H2,(H,7,8)(H,4,5,6). The molecule has 1 atom stereocenters. The lowest BCUT2D eigenvalue weighted by molar-refractivity contribution is 0.562. The summed E-state index contributed by atoms with van der Waals surface area (Å²) in [6, 6.07) is 0. The SMILES string of the molecule is O=S(O)Cc1cn[nH]n1. The van der Waals surface area contributed by atoms with Crippen LogP contribution in [0.3, 0.4) is 0 Å². The number of nitrogens with one attached hydrogen (secondary N) is 1. The first-order valence-corrected chi connectivity index (χ1v) is 3.48. The Balaban J connectivity index is 2.58. The summed E-state index contributed by atoms with van der Waals surface area (Å²) in [5.74, 6) is 0.0382. The van der Waals surface area contributed by atoms with Gasteiger partial charge in [-0.3, -0.25) is 0 Å². The number of H-pyrrole nitrogens is 1. The highest BCUT2D eigenvalue weighted by molar-refractivity contribution is 7.78. The van der Waals surface area contributed by atoms with Crippen molar-refractivity contribution in [3.05, 3.63) is 11.9 Å². The second-order valence-corrected chi connectivity index (χ2v) is 2.36. The molecule has 5 nitrogen and oxygen atoms in total. The van der Waals surface area contributed by atoms with Gasteiger partial charge in [0.25, 0.3) is 0 Å². The molecule has 0 saturated carbocycles. The van der Waals surface area contributed by atoms with Crippen molar-refractivity contribution in [2.75, 3.05) is 0 Å². The van der Waals surface area contributed by atoms with Crippen molar-refractivity contribution in [2.45, 2.75) is 5.75 Å². The highest BCUT2D eigenvalue weighted by Crippen LogP contribution is 1.91. The smallest absolute Gasteiger partial charge is 0.159 e. The molecule has 0 fully saturated rings. The van der Waals surface area contributed by atoms with Gasteiger partial charge in [0.1, 0.15) is 0 Å². The number of hydrogen-bond acceptors (Lipinski definition) is 3. The minimum Gasteiger partial charge on any atom is -0.306 e. The molecule has 0 saturated heterocycles. The molecule has 0 radical (unpaired) electrons. The average molecular weight is 147 g/mol. The van der Waals surface area contributed by atoms with E-state index in [1.165, 1.54) is 6.20 Å². The molecule has 0 aliphatic heterocycles. The van der Waals surface area contributed by atoms with E-state index in [-0.39, 0.29) is 5.75 Å². The molecule has 0 aliphatic carbocycles. The molecular formula is C3H5N3O2S. The summed E-state index contributed by atoms with van der Waals surface area (Å²) in [6.07, 6.45) is 1.41. The lowest BCUT2D eigenvalue weighted by atomic mass is 10.6. The van der Waals surface area contributed by atoms with Crippen LogP contribution in [0.25, 0.3) is 0 Å². The molecular weight excluding hydrogens is 142 g/mol. The fourth-order valence-electron chi connectivity index (χ4n) is 0.421. The van der Waals surface area contributed by atoms with Gasteiger partial charge in [-0.1, -0.05) is 0 Å². The van der Waals surface area contributed by atoms with Crippen LogP contribution in [0.5, 0.6) is 0 Å². The van der Waals surface area contributed by atoms with Crippen molar-refractivity contribution in [1.29, 1.82) is 0 Å². The van der Waals surface area contributed by atoms with Crippen LogP contribution in [-0.2, 0) is 16.8 Å². The van der Waals surface area contributed by atoms with E-state index in [0.717, 1.165) is 0 Å². The summed E-state index contributed by atoms with van der Waals surface area (Å²) < 4.78 is 18.4. The number of aromatic amines is 1. The molecule has 0 spiro atoms. The van der Waals surface area contributed by atoms with Crippen LogP contribution >= 0.6 is 0 Å². The van der Waals surface area contributed by atoms with Gasteiger partial charge in [0, 0.05) is 0 Å². The minimum atomic E-state index is -1.82. The maximum atomic E-state index is 10.1. The number of nitrogens with zero attached hydrogens (tertiary/aromatic N) is 2. The quantitative estimate of drug-likeness (QED) is 0.554. The maximum absolute atomic E-state index is 10.1. The highest BCUT2D eigenvalue weighted by Gasteiger charge is 1.98. The summed E-state index contributed by atoms with van der Waals surface area (Å²) in [4.78, 5) is 0. The van der Waals surface area contributed by atoms with Crippen LogP contribution in [0.15, 0.2) is 6.20 Å². The molecule has 50 valence electrons. The van der Waals surface area contributed by atoms with Gasteiger partial charge < -0.3 is 4.55 Å². The van der Waals surface area contributed by atoms with Crippen LogP contribution in [-0.4, -0.2) is 24.2 Å². The Bertz CT molecular complexity index is 197. The number of aromatic nitrogens is 3. The largest absolute Gasteiger partial charge is 0.306 e. The summed E-state index contributed by atoms with van der Waals surface area (Å²) in [6.45, 7) is 0. The minimum absolute atomic E-state index is 0.0382. The molecule has 0 bridgehead atoms. The van der Waals surface area contributed by atoms with Gasteiger partial charge >= 0.3 is 0 Å². The predicted octanol–water partition coefficient (Wildman–Crippen LogP) is -0.474. The fraction of sp³-hybridized carbons (Fsp3) is 0.333. The van der Waals surface area contributed by atoms with Crippen molar-refractivity contribution in [2.24, 2.45) is 0 Å². The molecule has 2 N–H and O–H groups in total. The molecule has 1 aromatic heterocycles. The van der Waals surface area contributed by atoms with E-state index in [0.29, 0.717) is 5.69 Å². The van der Waals surface area contributed by atoms with Crippen molar-refractivity contribution >= 4 is 11.1 Å². The molecule has 0 amide bonds. The molecule has 6 heteroatoms. The fourth-order valence-corrected chi connectivity index (χ4v) is 0.813. The molecule has 9 heavy (non-hydrogen) atoms. The Labute approximate surface area is 53.8 Å². The Morgan fingerprint density at radius 1 is 1.89 bits per heavy atom. The van der Waals surface area contributed by atoms with E-state index in [4.69, 9.17) is 4.55 Å². The number of rotatable bonds is 2. The van der Waals surface area contributed by atoms with E-state index in [9.17, 15) is 4.21 Å². The Kier molecular flexibility index (Phi) is 1.91. The van der Waals surface area contributed by atoms with Crippen molar-refractivity contribution < 1.29 is 8.76 Å². The predicted molar refractivity (Wildman–Crippen MR) is 30.9 cm³/mol. The van der Waals surface area contributed by atoms with Gasteiger partial charge in [0.05, 0.1) is 17.6 Å². The van der Waals surface area contributed by atoms with Gasteiger partial charge in [-0.25, -0.2) is 4.21 Å². The summed E-state index contributed by atoms with van der Waals surface area (Å²) in [7, 11) is 0. The van der Waals surface area contributed by atoms with Crippen LogP contribution in [0, 0.1) is 0 Å². The third-order valence-corrected chi connectivity index (χ3v) is 1.28. The summed E-state index contributed by atoms with van der Waals surface area (Å²) in [5.41, 5.74) is 0.496. The van der Waals surface area contributed by atoms with E-state index in [1.807, 2.05) is 0 Å². The van der Waals surface area contributed by atoms with Crippen molar-refractivity contribution in [3.63, 3.8) is 0 Å². The first-order valence-electron chi connectivity index (χ1n) is 2.21. The zero-order chi connectivity index (χ0) is 6.69. The zero-order valence-electron chi connectivity index (χ0n) is 4.44. The topological polar surface area (TPSA) is 78.9 Å². The summed E-state index contributed by atoms with van der Waals surface area (Å²) in [5, 5.41) is 9.35. The van der Waals surface area contributed by atoms with Crippen LogP contribution in [0.2, 0.25) is 0 Å². The second kappa shape index (κ2) is 2.70. The lowest BCUT2D eigenvalue weighted by Crippen LogP contribution is -1.92. The zero-order valence-corrected chi connectivity index (χ0v) is 5.26. The molecule has 0 aliphatic rings. The highest BCUT2D eigenvalue weighted by atomic mass is 32.2. The van der Waals surface area contributed by atoms with Gasteiger partial charge in [-0.15, -0.1) is 0 Å². The van der Waals surface area contributed by atoms with Crippen molar-refractivity contribution in [1.82, 2.24) is 15.4 Å². The maximum Gasteiger partial charge on any atom is 0.159 e. The number of hydrogen-bond donors (Lipinski definition) is 2. The Morgan fingerprint density at radius 2 is 2.67 bits per heavy atom. The molecule has 1 unspecified atom stereocenters. The third kappa shape index (κ3) is 1.90. The molecule has 0 aromatic carbocycles. The van der Waals surface area contributed by atoms with E-state index >= 15 is 0 Å². The first kappa shape index (κ1) is 6.37. The third-order valence-electron chi connectivity index (χ3n) is 0.736. The summed E-state index contributed by atoms with van der Waals surface area (Å²) >= 11 is -1.82. The first-order chi connectivity index (χ1) is 4.29. The molecule has 1 rings (SSSR count). The molecule has 1 aromatic rings. The average Bonchev–Trinajstić information content (AvgIpc) is 2.15. The van der Waals surface area contributed by atoms with E-state index in [2.05, 4.69) is 15.4 Å². The van der Waals surface area contributed by atoms with E-state index in [1.54, 1.807) is 0 Å². The Morgan fingerprint density at radius 3 is 3.11 bits per heavy atom. The van der Waals surface area contributed by atoms with Crippen molar-refractivity contribution in [3.8, 4) is 0 Å².